The summed E-state index contributed by atoms with van der Waals surface area (Å²) < 4.78 is 25.2. The zero-order chi connectivity index (χ0) is 22.5. The predicted octanol–water partition coefficient (Wildman–Crippen LogP) is 4.93. The van der Waals surface area contributed by atoms with Crippen LogP contribution in [0.4, 0.5) is 15.9 Å². The summed E-state index contributed by atoms with van der Waals surface area (Å²) in [5.74, 6) is 1.26. The first-order valence-corrected chi connectivity index (χ1v) is 10.5. The maximum atomic E-state index is 14.0. The zero-order valence-electron chi connectivity index (χ0n) is 17.4. The molecule has 3 aromatic rings. The minimum atomic E-state index is -0.554. The van der Waals surface area contributed by atoms with Gasteiger partial charge in [0.25, 0.3) is 5.88 Å². The Morgan fingerprint density at radius 3 is 2.62 bits per heavy atom. The van der Waals surface area contributed by atoms with Crippen molar-refractivity contribution in [2.24, 2.45) is 5.92 Å². The number of carbonyl (C=O) groups is 1. The zero-order valence-corrected chi connectivity index (χ0v) is 18.2. The van der Waals surface area contributed by atoms with Crippen LogP contribution in [0.3, 0.4) is 0 Å². The number of piperidine rings is 1. The van der Waals surface area contributed by atoms with E-state index in [9.17, 15) is 9.18 Å². The number of rotatable bonds is 6. The lowest BCUT2D eigenvalue weighted by Gasteiger charge is -2.32. The van der Waals surface area contributed by atoms with Gasteiger partial charge in [-0.05, 0) is 43.2 Å². The number of anilines is 2. The van der Waals surface area contributed by atoms with Crippen molar-refractivity contribution in [3.8, 4) is 17.4 Å². The van der Waals surface area contributed by atoms with Gasteiger partial charge in [0.2, 0.25) is 5.91 Å². The molecule has 1 amide bonds. The molecule has 0 radical (unpaired) electrons. The molecule has 2 aromatic carbocycles. The molecule has 0 aliphatic carbocycles. The number of nitrogens with zero attached hydrogens (tertiary/aromatic N) is 3. The Morgan fingerprint density at radius 1 is 1.12 bits per heavy atom. The molecular weight excluding hydrogens is 435 g/mol. The van der Waals surface area contributed by atoms with Gasteiger partial charge in [0, 0.05) is 42.5 Å². The van der Waals surface area contributed by atoms with E-state index < -0.39 is 5.82 Å². The van der Waals surface area contributed by atoms with E-state index in [4.69, 9.17) is 21.1 Å². The summed E-state index contributed by atoms with van der Waals surface area (Å²) >= 11 is 5.77. The lowest BCUT2D eigenvalue weighted by atomic mass is 9.96. The van der Waals surface area contributed by atoms with Crippen LogP contribution in [-0.2, 0) is 4.79 Å². The van der Waals surface area contributed by atoms with Crippen LogP contribution >= 0.6 is 11.6 Å². The normalized spacial score (nSPS) is 14.2. The van der Waals surface area contributed by atoms with Crippen molar-refractivity contribution < 1.29 is 18.7 Å². The predicted molar refractivity (Wildman–Crippen MR) is 120 cm³/mol. The summed E-state index contributed by atoms with van der Waals surface area (Å²) in [7, 11) is 1.59. The van der Waals surface area contributed by atoms with E-state index in [1.165, 1.54) is 12.1 Å². The van der Waals surface area contributed by atoms with Gasteiger partial charge in [0.05, 0.1) is 12.8 Å². The fraction of sp³-hybridized carbons (Fsp3) is 0.261. The van der Waals surface area contributed by atoms with Crippen molar-refractivity contribution in [1.82, 2.24) is 9.97 Å². The second-order valence-electron chi connectivity index (χ2n) is 7.34. The maximum absolute atomic E-state index is 14.0. The molecule has 166 valence electrons. The smallest absolute Gasteiger partial charge is 0.263 e. The van der Waals surface area contributed by atoms with Crippen molar-refractivity contribution >= 4 is 29.0 Å². The second kappa shape index (κ2) is 9.82. The third-order valence-corrected chi connectivity index (χ3v) is 5.49. The second-order valence-corrected chi connectivity index (χ2v) is 7.78. The lowest BCUT2D eigenvalue weighted by Crippen LogP contribution is -2.38. The first-order chi connectivity index (χ1) is 15.5. The van der Waals surface area contributed by atoms with Crippen molar-refractivity contribution in [2.75, 3.05) is 30.4 Å². The highest BCUT2D eigenvalue weighted by atomic mass is 35.5. The van der Waals surface area contributed by atoms with Crippen LogP contribution < -0.4 is 19.7 Å². The third kappa shape index (κ3) is 5.08. The van der Waals surface area contributed by atoms with Crippen LogP contribution in [0.15, 0.2) is 54.9 Å². The molecule has 0 spiro atoms. The Balaban J connectivity index is 1.40. The number of methoxy groups -OCH3 is 1. The van der Waals surface area contributed by atoms with E-state index in [0.29, 0.717) is 49.1 Å². The van der Waals surface area contributed by atoms with E-state index in [1.54, 1.807) is 31.6 Å². The minimum Gasteiger partial charge on any atom is -0.497 e. The van der Waals surface area contributed by atoms with Crippen molar-refractivity contribution in [2.45, 2.75) is 12.8 Å². The van der Waals surface area contributed by atoms with Gasteiger partial charge in [-0.15, -0.1) is 0 Å². The molecule has 0 saturated carbocycles. The molecule has 2 heterocycles. The highest BCUT2D eigenvalue weighted by molar-refractivity contribution is 6.30. The first-order valence-electron chi connectivity index (χ1n) is 10.2. The van der Waals surface area contributed by atoms with Gasteiger partial charge in [0.1, 0.15) is 17.3 Å². The van der Waals surface area contributed by atoms with E-state index in [2.05, 4.69) is 15.3 Å². The molecule has 0 unspecified atom stereocenters. The molecule has 1 saturated heterocycles. The van der Waals surface area contributed by atoms with Crippen molar-refractivity contribution in [1.29, 1.82) is 0 Å². The molecule has 7 nitrogen and oxygen atoms in total. The fourth-order valence-electron chi connectivity index (χ4n) is 3.56. The van der Waals surface area contributed by atoms with Crippen LogP contribution in [0.25, 0.3) is 0 Å². The largest absolute Gasteiger partial charge is 0.497 e. The SMILES string of the molecule is COc1cccc(Oc2nccnc2N2CCC(C(=O)Nc3ccc(Cl)cc3F)CC2)c1. The van der Waals surface area contributed by atoms with Crippen LogP contribution in [0.2, 0.25) is 5.02 Å². The quantitative estimate of drug-likeness (QED) is 0.567. The number of aromatic nitrogens is 2. The van der Waals surface area contributed by atoms with Gasteiger partial charge in [-0.3, -0.25) is 4.79 Å². The van der Waals surface area contributed by atoms with Gasteiger partial charge in [0.15, 0.2) is 5.82 Å². The molecule has 1 N–H and O–H groups in total. The highest BCUT2D eigenvalue weighted by Crippen LogP contribution is 2.32. The van der Waals surface area contributed by atoms with Crippen LogP contribution in [0.5, 0.6) is 17.4 Å². The number of hydrogen-bond donors (Lipinski definition) is 1. The molecule has 0 bridgehead atoms. The van der Waals surface area contributed by atoms with Gasteiger partial charge >= 0.3 is 0 Å². The van der Waals surface area contributed by atoms with Gasteiger partial charge in [-0.1, -0.05) is 17.7 Å². The Labute approximate surface area is 190 Å². The summed E-state index contributed by atoms with van der Waals surface area (Å²) in [6.45, 7) is 1.18. The Hall–Kier alpha value is -3.39. The minimum absolute atomic E-state index is 0.129. The van der Waals surface area contributed by atoms with Crippen LogP contribution in [0, 0.1) is 11.7 Å². The molecule has 1 aromatic heterocycles. The topological polar surface area (TPSA) is 76.6 Å². The number of ether oxygens (including phenoxy) is 2. The number of halogens is 2. The van der Waals surface area contributed by atoms with E-state index in [0.717, 1.165) is 0 Å². The first kappa shape index (κ1) is 21.8. The summed E-state index contributed by atoms with van der Waals surface area (Å²) in [4.78, 5) is 23.4. The highest BCUT2D eigenvalue weighted by Gasteiger charge is 2.28. The summed E-state index contributed by atoms with van der Waals surface area (Å²) in [5.41, 5.74) is 0.129. The summed E-state index contributed by atoms with van der Waals surface area (Å²) in [6.07, 6.45) is 4.36. The van der Waals surface area contributed by atoms with Gasteiger partial charge < -0.3 is 19.7 Å². The van der Waals surface area contributed by atoms with Crippen LogP contribution in [-0.4, -0.2) is 36.1 Å². The Kier molecular flexibility index (Phi) is 6.70. The maximum Gasteiger partial charge on any atom is 0.263 e. The average molecular weight is 457 g/mol. The number of hydrogen-bond acceptors (Lipinski definition) is 6. The van der Waals surface area contributed by atoms with E-state index in [-0.39, 0.29) is 22.5 Å². The molecule has 1 fully saturated rings. The van der Waals surface area contributed by atoms with Gasteiger partial charge in [-0.2, -0.15) is 0 Å². The van der Waals surface area contributed by atoms with Crippen LogP contribution in [0.1, 0.15) is 12.8 Å². The molecular formula is C23H22ClFN4O3. The standard InChI is InChI=1S/C23H22ClFN4O3/c1-31-17-3-2-4-18(14-17)32-23-21(26-9-10-27-23)29-11-7-15(8-12-29)22(30)28-20-6-5-16(24)13-19(20)25/h2-6,9-10,13-15H,7-8,11-12H2,1H3,(H,28,30). The van der Waals surface area contributed by atoms with Gasteiger partial charge in [-0.25, -0.2) is 14.4 Å². The number of nitrogens with one attached hydrogen (secondary N) is 1. The molecule has 1 aliphatic rings. The fourth-order valence-corrected chi connectivity index (χ4v) is 3.72. The molecule has 1 aliphatic heterocycles. The average Bonchev–Trinajstić information content (AvgIpc) is 2.81. The monoisotopic (exact) mass is 456 g/mol. The van der Waals surface area contributed by atoms with Crippen molar-refractivity contribution in [3.05, 3.63) is 65.7 Å². The molecule has 4 rings (SSSR count). The summed E-state index contributed by atoms with van der Waals surface area (Å²) in [6, 6.07) is 11.4. The van der Waals surface area contributed by atoms with Crippen molar-refractivity contribution in [3.63, 3.8) is 0 Å². The van der Waals surface area contributed by atoms with E-state index in [1.807, 2.05) is 23.1 Å². The number of amides is 1. The Bertz CT molecular complexity index is 1110. The molecule has 0 atom stereocenters. The molecule has 9 heteroatoms. The lowest BCUT2D eigenvalue weighted by molar-refractivity contribution is -0.120. The Morgan fingerprint density at radius 2 is 1.88 bits per heavy atom. The van der Waals surface area contributed by atoms with E-state index >= 15 is 0 Å². The molecule has 32 heavy (non-hydrogen) atoms. The number of carbonyl (C=O) groups excluding carboxylic acids is 1. The number of benzene rings is 2. The summed E-state index contributed by atoms with van der Waals surface area (Å²) in [5, 5.41) is 2.94. The third-order valence-electron chi connectivity index (χ3n) is 5.26.